The molecule has 5 nitrogen and oxygen atoms in total. The van der Waals surface area contributed by atoms with E-state index in [1.54, 1.807) is 29.2 Å². The molecule has 4 rings (SSSR count). The largest absolute Gasteiger partial charge is 0.491 e. The van der Waals surface area contributed by atoms with Gasteiger partial charge in [0, 0.05) is 19.3 Å². The fraction of sp³-hybridized carbons (Fsp3) is 0.444. The minimum Gasteiger partial charge on any atom is -0.491 e. The zero-order chi connectivity index (χ0) is 16.7. The fourth-order valence-corrected chi connectivity index (χ4v) is 4.02. The summed E-state index contributed by atoms with van der Waals surface area (Å²) in [6.07, 6.45) is 6.62. The maximum atomic E-state index is 13.0. The van der Waals surface area contributed by atoms with Crippen LogP contribution in [0.15, 0.2) is 36.7 Å². The van der Waals surface area contributed by atoms with Crippen LogP contribution in [0.2, 0.25) is 0 Å². The molecular weight excluding hydrogens is 309 g/mol. The van der Waals surface area contributed by atoms with E-state index in [4.69, 9.17) is 4.74 Å². The van der Waals surface area contributed by atoms with Crippen molar-refractivity contribution < 1.29 is 13.9 Å². The Kier molecular flexibility index (Phi) is 3.75. The van der Waals surface area contributed by atoms with Crippen LogP contribution in [0.5, 0.6) is 5.75 Å². The molecule has 1 aromatic carbocycles. The summed E-state index contributed by atoms with van der Waals surface area (Å²) in [6.45, 7) is 0.443. The topological polar surface area (TPSA) is 47.4 Å². The summed E-state index contributed by atoms with van der Waals surface area (Å²) in [4.78, 5) is 14.9. The Morgan fingerprint density at radius 2 is 2.12 bits per heavy atom. The van der Waals surface area contributed by atoms with Crippen molar-refractivity contribution in [3.63, 3.8) is 0 Å². The number of halogens is 1. The highest BCUT2D eigenvalue weighted by atomic mass is 19.1. The molecule has 6 heteroatoms. The molecule has 3 atom stereocenters. The number of likely N-dealkylation sites (tertiary alicyclic amines) is 1. The number of ether oxygens (including phenoxy) is 1. The predicted octanol–water partition coefficient (Wildman–Crippen LogP) is 2.63. The van der Waals surface area contributed by atoms with Crippen LogP contribution in [0.1, 0.15) is 29.6 Å². The Morgan fingerprint density at radius 1 is 1.33 bits per heavy atom. The molecule has 0 N–H and O–H groups in total. The molecule has 2 aromatic rings. The standard InChI is InChI=1S/C18H20FN3O2/c1-21-10-13(9-20-21)18(23)22-15-5-2-12(8-15)17(22)11-24-16-6-3-14(19)4-7-16/h3-4,6-7,9-10,12,15,17H,2,5,8,11H2,1H3/t12-,15+,17+/m1/s1. The van der Waals surface area contributed by atoms with Gasteiger partial charge in [-0.1, -0.05) is 0 Å². The van der Waals surface area contributed by atoms with Gasteiger partial charge in [-0.2, -0.15) is 5.10 Å². The van der Waals surface area contributed by atoms with E-state index >= 15 is 0 Å². The lowest BCUT2D eigenvalue weighted by molar-refractivity contribution is 0.0505. The number of amides is 1. The first-order valence-electron chi connectivity index (χ1n) is 8.31. The minimum atomic E-state index is -0.282. The second kappa shape index (κ2) is 5.92. The number of hydrogen-bond acceptors (Lipinski definition) is 3. The van der Waals surface area contributed by atoms with Crippen LogP contribution in [-0.2, 0) is 7.05 Å². The summed E-state index contributed by atoms with van der Waals surface area (Å²) >= 11 is 0. The molecule has 1 amide bonds. The molecule has 0 radical (unpaired) electrons. The molecule has 0 spiro atoms. The molecule has 2 fully saturated rings. The summed E-state index contributed by atoms with van der Waals surface area (Å²) in [6, 6.07) is 6.38. The van der Waals surface area contributed by atoms with Gasteiger partial charge in [0.2, 0.25) is 0 Å². The summed E-state index contributed by atoms with van der Waals surface area (Å²) < 4.78 is 20.5. The van der Waals surface area contributed by atoms with Gasteiger partial charge in [-0.3, -0.25) is 9.48 Å². The monoisotopic (exact) mass is 329 g/mol. The van der Waals surface area contributed by atoms with Gasteiger partial charge in [-0.25, -0.2) is 4.39 Å². The van der Waals surface area contributed by atoms with E-state index in [0.717, 1.165) is 19.3 Å². The van der Waals surface area contributed by atoms with Gasteiger partial charge in [0.15, 0.2) is 0 Å². The van der Waals surface area contributed by atoms with Gasteiger partial charge in [0.1, 0.15) is 18.2 Å². The number of nitrogens with zero attached hydrogens (tertiary/aromatic N) is 3. The number of carbonyl (C=O) groups is 1. The molecule has 24 heavy (non-hydrogen) atoms. The smallest absolute Gasteiger partial charge is 0.257 e. The maximum Gasteiger partial charge on any atom is 0.257 e. The Hall–Kier alpha value is -2.37. The Labute approximate surface area is 140 Å². The van der Waals surface area contributed by atoms with E-state index in [0.29, 0.717) is 29.9 Å². The highest BCUT2D eigenvalue weighted by molar-refractivity contribution is 5.94. The molecule has 2 aliphatic rings. The summed E-state index contributed by atoms with van der Waals surface area (Å²) in [5, 5.41) is 4.10. The summed E-state index contributed by atoms with van der Waals surface area (Å²) in [7, 11) is 1.81. The lowest BCUT2D eigenvalue weighted by Gasteiger charge is -2.35. The Morgan fingerprint density at radius 3 is 2.83 bits per heavy atom. The number of aryl methyl sites for hydroxylation is 1. The molecule has 1 saturated heterocycles. The number of rotatable bonds is 4. The van der Waals surface area contributed by atoms with Crippen molar-refractivity contribution in [1.82, 2.24) is 14.7 Å². The van der Waals surface area contributed by atoms with Crippen molar-refractivity contribution >= 4 is 5.91 Å². The van der Waals surface area contributed by atoms with Crippen molar-refractivity contribution in [2.24, 2.45) is 13.0 Å². The molecule has 1 aliphatic heterocycles. The van der Waals surface area contributed by atoms with Crippen molar-refractivity contribution in [3.8, 4) is 5.75 Å². The number of hydrogen-bond donors (Lipinski definition) is 0. The number of carbonyl (C=O) groups excluding carboxylic acids is 1. The molecule has 2 heterocycles. The van der Waals surface area contributed by atoms with Crippen LogP contribution >= 0.6 is 0 Å². The van der Waals surface area contributed by atoms with E-state index in [1.165, 1.54) is 12.1 Å². The fourth-order valence-electron chi connectivity index (χ4n) is 4.02. The number of benzene rings is 1. The molecule has 1 saturated carbocycles. The van der Waals surface area contributed by atoms with Gasteiger partial charge >= 0.3 is 0 Å². The maximum absolute atomic E-state index is 13.0. The van der Waals surface area contributed by atoms with Gasteiger partial charge in [0.05, 0.1) is 17.8 Å². The van der Waals surface area contributed by atoms with E-state index < -0.39 is 0 Å². The average Bonchev–Trinajstić information content (AvgIpc) is 3.29. The van der Waals surface area contributed by atoms with Crippen LogP contribution < -0.4 is 4.74 Å². The third-order valence-corrected chi connectivity index (χ3v) is 5.16. The van der Waals surface area contributed by atoms with Crippen LogP contribution in [0, 0.1) is 11.7 Å². The Bertz CT molecular complexity index is 743. The first-order valence-corrected chi connectivity index (χ1v) is 8.31. The summed E-state index contributed by atoms with van der Waals surface area (Å²) in [5.41, 5.74) is 0.622. The highest BCUT2D eigenvalue weighted by Gasteiger charge is 2.48. The van der Waals surface area contributed by atoms with Crippen molar-refractivity contribution in [1.29, 1.82) is 0 Å². The highest BCUT2D eigenvalue weighted by Crippen LogP contribution is 2.43. The first kappa shape index (κ1) is 15.2. The predicted molar refractivity (Wildman–Crippen MR) is 86.2 cm³/mol. The van der Waals surface area contributed by atoms with Crippen LogP contribution in [0.4, 0.5) is 4.39 Å². The van der Waals surface area contributed by atoms with E-state index in [1.807, 2.05) is 11.9 Å². The number of aromatic nitrogens is 2. The van der Waals surface area contributed by atoms with Gasteiger partial charge in [-0.05, 0) is 49.4 Å². The molecule has 2 bridgehead atoms. The SMILES string of the molecule is Cn1cc(C(=O)N2[C@H]3CC[C@H](C3)[C@@H]2COc2ccc(F)cc2)cn1. The van der Waals surface area contributed by atoms with E-state index in [9.17, 15) is 9.18 Å². The molecule has 126 valence electrons. The van der Waals surface area contributed by atoms with Crippen molar-refractivity contribution in [2.75, 3.05) is 6.61 Å². The third kappa shape index (κ3) is 2.66. The summed E-state index contributed by atoms with van der Waals surface area (Å²) in [5.74, 6) is 0.864. The number of fused-ring (bicyclic) bond motifs is 2. The second-order valence-corrected chi connectivity index (χ2v) is 6.67. The molecule has 1 aliphatic carbocycles. The normalized spacial score (nSPS) is 25.2. The first-order chi connectivity index (χ1) is 11.6. The van der Waals surface area contributed by atoms with Crippen LogP contribution in [-0.4, -0.2) is 39.3 Å². The van der Waals surface area contributed by atoms with E-state index in [2.05, 4.69) is 5.10 Å². The third-order valence-electron chi connectivity index (χ3n) is 5.16. The van der Waals surface area contributed by atoms with Crippen LogP contribution in [0.25, 0.3) is 0 Å². The quantitative estimate of drug-likeness (QED) is 0.866. The number of piperidine rings is 1. The van der Waals surface area contributed by atoms with E-state index in [-0.39, 0.29) is 17.8 Å². The molecular formula is C18H20FN3O2. The second-order valence-electron chi connectivity index (χ2n) is 6.67. The van der Waals surface area contributed by atoms with Crippen LogP contribution in [0.3, 0.4) is 0 Å². The lowest BCUT2D eigenvalue weighted by atomic mass is 9.99. The zero-order valence-electron chi connectivity index (χ0n) is 13.6. The van der Waals surface area contributed by atoms with Gasteiger partial charge in [0.25, 0.3) is 5.91 Å². The minimum absolute atomic E-state index is 0.0306. The Balaban J connectivity index is 1.50. The van der Waals surface area contributed by atoms with Crippen molar-refractivity contribution in [3.05, 3.63) is 48.0 Å². The molecule has 1 aromatic heterocycles. The zero-order valence-corrected chi connectivity index (χ0v) is 13.6. The van der Waals surface area contributed by atoms with Crippen molar-refractivity contribution in [2.45, 2.75) is 31.3 Å². The van der Waals surface area contributed by atoms with Gasteiger partial charge < -0.3 is 9.64 Å². The average molecular weight is 329 g/mol. The van der Waals surface area contributed by atoms with Gasteiger partial charge in [-0.15, -0.1) is 0 Å². The lowest BCUT2D eigenvalue weighted by Crippen LogP contribution is -2.47. The molecule has 0 unspecified atom stereocenters.